The molecule has 2 aromatic carbocycles. The van der Waals surface area contributed by atoms with Gasteiger partial charge in [-0.25, -0.2) is 9.18 Å². The van der Waals surface area contributed by atoms with Crippen LogP contribution >= 0.6 is 0 Å². The standard InChI is InChI=1S/C23H27FN4O3/c1-3-13-27-19-6-4-5-7-20(19)28(23(27)31)14-10-21(29)25-11-12-26-22(30)17-9-8-16(2)18(24)15-17/h4-9,15H,3,10-14H2,1-2H3,(H,25,29)(H,26,30). The number of nitrogens with one attached hydrogen (secondary N) is 2. The van der Waals surface area contributed by atoms with Crippen LogP contribution in [0.4, 0.5) is 4.39 Å². The summed E-state index contributed by atoms with van der Waals surface area (Å²) in [6.07, 6.45) is 0.993. The number of imidazole rings is 1. The Labute approximate surface area is 179 Å². The molecular weight excluding hydrogens is 399 g/mol. The summed E-state index contributed by atoms with van der Waals surface area (Å²) in [7, 11) is 0. The molecule has 31 heavy (non-hydrogen) atoms. The van der Waals surface area contributed by atoms with Gasteiger partial charge in [0.2, 0.25) is 5.91 Å². The van der Waals surface area contributed by atoms with Crippen molar-refractivity contribution in [3.63, 3.8) is 0 Å². The second kappa shape index (κ2) is 10.1. The van der Waals surface area contributed by atoms with E-state index in [-0.39, 0.29) is 43.2 Å². The highest BCUT2D eigenvalue weighted by molar-refractivity contribution is 5.94. The molecule has 1 heterocycles. The van der Waals surface area contributed by atoms with Crippen LogP contribution in [0.3, 0.4) is 0 Å². The molecule has 0 radical (unpaired) electrons. The van der Waals surface area contributed by atoms with Gasteiger partial charge in [0.15, 0.2) is 0 Å². The Bertz CT molecular complexity index is 1150. The van der Waals surface area contributed by atoms with E-state index < -0.39 is 11.7 Å². The monoisotopic (exact) mass is 426 g/mol. The first-order chi connectivity index (χ1) is 14.9. The molecule has 3 aromatic rings. The van der Waals surface area contributed by atoms with Crippen LogP contribution in [0.1, 0.15) is 35.7 Å². The van der Waals surface area contributed by atoms with Gasteiger partial charge < -0.3 is 10.6 Å². The van der Waals surface area contributed by atoms with E-state index in [1.165, 1.54) is 6.07 Å². The molecule has 0 unspecified atom stereocenters. The molecule has 3 rings (SSSR count). The minimum absolute atomic E-state index is 0.117. The zero-order valence-corrected chi connectivity index (χ0v) is 17.8. The van der Waals surface area contributed by atoms with E-state index in [1.54, 1.807) is 28.2 Å². The van der Waals surface area contributed by atoms with Gasteiger partial charge in [-0.15, -0.1) is 0 Å². The molecule has 0 bridgehead atoms. The number of rotatable bonds is 9. The fraction of sp³-hybridized carbons (Fsp3) is 0.348. The number of nitrogens with zero attached hydrogens (tertiary/aromatic N) is 2. The van der Waals surface area contributed by atoms with Crippen molar-refractivity contribution in [3.8, 4) is 0 Å². The molecule has 0 aliphatic heterocycles. The highest BCUT2D eigenvalue weighted by atomic mass is 19.1. The van der Waals surface area contributed by atoms with Crippen LogP contribution in [0, 0.1) is 12.7 Å². The first kappa shape index (κ1) is 22.3. The average Bonchev–Trinajstić information content (AvgIpc) is 3.03. The van der Waals surface area contributed by atoms with Crippen molar-refractivity contribution in [1.82, 2.24) is 19.8 Å². The second-order valence-electron chi connectivity index (χ2n) is 7.39. The molecule has 0 saturated carbocycles. The van der Waals surface area contributed by atoms with E-state index in [1.807, 2.05) is 31.2 Å². The number of benzene rings is 2. The van der Waals surface area contributed by atoms with Gasteiger partial charge in [0.25, 0.3) is 5.91 Å². The fourth-order valence-corrected chi connectivity index (χ4v) is 3.44. The van der Waals surface area contributed by atoms with Crippen LogP contribution in [0.15, 0.2) is 47.3 Å². The summed E-state index contributed by atoms with van der Waals surface area (Å²) in [4.78, 5) is 37.0. The third kappa shape index (κ3) is 5.20. The fourth-order valence-electron chi connectivity index (χ4n) is 3.44. The lowest BCUT2D eigenvalue weighted by Crippen LogP contribution is -2.35. The number of halogens is 1. The molecule has 0 spiro atoms. The number of amides is 2. The molecule has 0 aliphatic carbocycles. The summed E-state index contributed by atoms with van der Waals surface area (Å²) < 4.78 is 16.9. The topological polar surface area (TPSA) is 85.1 Å². The quantitative estimate of drug-likeness (QED) is 0.516. The first-order valence-electron chi connectivity index (χ1n) is 10.4. The van der Waals surface area contributed by atoms with Gasteiger partial charge in [-0.05, 0) is 43.2 Å². The summed E-state index contributed by atoms with van der Waals surface area (Å²) >= 11 is 0. The summed E-state index contributed by atoms with van der Waals surface area (Å²) in [6.45, 7) is 5.00. The van der Waals surface area contributed by atoms with E-state index in [9.17, 15) is 18.8 Å². The lowest BCUT2D eigenvalue weighted by Gasteiger charge is -2.08. The van der Waals surface area contributed by atoms with Crippen LogP contribution in [0.25, 0.3) is 11.0 Å². The number of hydrogen-bond acceptors (Lipinski definition) is 3. The van der Waals surface area contributed by atoms with E-state index in [0.29, 0.717) is 12.1 Å². The predicted octanol–water partition coefficient (Wildman–Crippen LogP) is 2.60. The molecule has 2 N–H and O–H groups in total. The number of hydrogen-bond donors (Lipinski definition) is 2. The molecule has 0 aliphatic rings. The Morgan fingerprint density at radius 1 is 0.968 bits per heavy atom. The maximum absolute atomic E-state index is 13.6. The van der Waals surface area contributed by atoms with Gasteiger partial charge in [0.05, 0.1) is 11.0 Å². The number of para-hydroxylation sites is 2. The van der Waals surface area contributed by atoms with Gasteiger partial charge >= 0.3 is 5.69 Å². The largest absolute Gasteiger partial charge is 0.354 e. The molecule has 164 valence electrons. The normalized spacial score (nSPS) is 10.9. The number of fused-ring (bicyclic) bond motifs is 1. The number of carbonyl (C=O) groups is 2. The second-order valence-corrected chi connectivity index (χ2v) is 7.39. The molecule has 0 fully saturated rings. The summed E-state index contributed by atoms with van der Waals surface area (Å²) in [5.74, 6) is -1.05. The first-order valence-corrected chi connectivity index (χ1v) is 10.4. The Hall–Kier alpha value is -3.42. The van der Waals surface area contributed by atoms with Crippen molar-refractivity contribution in [2.24, 2.45) is 0 Å². The van der Waals surface area contributed by atoms with Gasteiger partial charge in [-0.1, -0.05) is 25.1 Å². The van der Waals surface area contributed by atoms with Crippen LogP contribution < -0.4 is 16.3 Å². The summed E-state index contributed by atoms with van der Waals surface area (Å²) in [5.41, 5.74) is 2.27. The Kier molecular flexibility index (Phi) is 7.23. The average molecular weight is 426 g/mol. The highest BCUT2D eigenvalue weighted by Crippen LogP contribution is 2.13. The van der Waals surface area contributed by atoms with E-state index in [2.05, 4.69) is 10.6 Å². The van der Waals surface area contributed by atoms with Crippen LogP contribution in [-0.4, -0.2) is 34.0 Å². The predicted molar refractivity (Wildman–Crippen MR) is 118 cm³/mol. The highest BCUT2D eigenvalue weighted by Gasteiger charge is 2.13. The third-order valence-corrected chi connectivity index (χ3v) is 5.10. The van der Waals surface area contributed by atoms with Crippen LogP contribution in [-0.2, 0) is 17.9 Å². The molecule has 0 atom stereocenters. The minimum Gasteiger partial charge on any atom is -0.354 e. The van der Waals surface area contributed by atoms with Gasteiger partial charge in [0, 0.05) is 38.2 Å². The van der Waals surface area contributed by atoms with E-state index in [4.69, 9.17) is 0 Å². The molecule has 7 nitrogen and oxygen atoms in total. The van der Waals surface area contributed by atoms with Crippen molar-refractivity contribution in [1.29, 1.82) is 0 Å². The molecule has 2 amide bonds. The van der Waals surface area contributed by atoms with Gasteiger partial charge in [0.1, 0.15) is 5.82 Å². The molecule has 0 saturated heterocycles. The van der Waals surface area contributed by atoms with Crippen molar-refractivity contribution in [3.05, 3.63) is 69.9 Å². The Balaban J connectivity index is 1.50. The zero-order valence-electron chi connectivity index (χ0n) is 17.8. The van der Waals surface area contributed by atoms with Crippen LogP contribution in [0.5, 0.6) is 0 Å². The third-order valence-electron chi connectivity index (χ3n) is 5.10. The maximum atomic E-state index is 13.6. The number of carbonyl (C=O) groups excluding carboxylic acids is 2. The zero-order chi connectivity index (χ0) is 22.4. The number of aryl methyl sites for hydroxylation is 3. The SMILES string of the molecule is CCCn1c(=O)n(CCC(=O)NCCNC(=O)c2ccc(C)c(F)c2)c2ccccc21. The number of aromatic nitrogens is 2. The van der Waals surface area contributed by atoms with Gasteiger partial charge in [-0.3, -0.25) is 18.7 Å². The van der Waals surface area contributed by atoms with E-state index >= 15 is 0 Å². The van der Waals surface area contributed by atoms with Crippen molar-refractivity contribution in [2.45, 2.75) is 39.8 Å². The van der Waals surface area contributed by atoms with Crippen molar-refractivity contribution < 1.29 is 14.0 Å². The van der Waals surface area contributed by atoms with Gasteiger partial charge in [-0.2, -0.15) is 0 Å². The lowest BCUT2D eigenvalue weighted by molar-refractivity contribution is -0.121. The molecule has 1 aromatic heterocycles. The minimum atomic E-state index is -0.434. The lowest BCUT2D eigenvalue weighted by atomic mass is 10.1. The molecule has 8 heteroatoms. The smallest absolute Gasteiger partial charge is 0.329 e. The van der Waals surface area contributed by atoms with E-state index in [0.717, 1.165) is 17.5 Å². The Morgan fingerprint density at radius 3 is 2.26 bits per heavy atom. The van der Waals surface area contributed by atoms with Crippen molar-refractivity contribution >= 4 is 22.8 Å². The Morgan fingerprint density at radius 2 is 1.61 bits per heavy atom. The molecular formula is C23H27FN4O3. The summed E-state index contributed by atoms with van der Waals surface area (Å²) in [6, 6.07) is 11.8. The maximum Gasteiger partial charge on any atom is 0.329 e. The summed E-state index contributed by atoms with van der Waals surface area (Å²) in [5, 5.41) is 5.38. The van der Waals surface area contributed by atoms with Crippen LogP contribution in [0.2, 0.25) is 0 Å². The van der Waals surface area contributed by atoms with Crippen molar-refractivity contribution in [2.75, 3.05) is 13.1 Å².